The first kappa shape index (κ1) is 22.0. The fourth-order valence-corrected chi connectivity index (χ4v) is 5.12. The minimum atomic E-state index is -1.12. The van der Waals surface area contributed by atoms with Gasteiger partial charge in [-0.05, 0) is 73.1 Å². The second-order valence-corrected chi connectivity index (χ2v) is 9.30. The molecule has 3 aromatic rings. The van der Waals surface area contributed by atoms with E-state index in [1.54, 1.807) is 17.0 Å². The van der Waals surface area contributed by atoms with E-state index in [9.17, 15) is 28.2 Å². The van der Waals surface area contributed by atoms with Crippen LogP contribution in [0.3, 0.4) is 0 Å². The van der Waals surface area contributed by atoms with Crippen LogP contribution >= 0.6 is 0 Å². The minimum Gasteiger partial charge on any atom is -0.393 e. The first-order chi connectivity index (χ1) is 15.8. The van der Waals surface area contributed by atoms with Gasteiger partial charge in [-0.2, -0.15) is 0 Å². The summed E-state index contributed by atoms with van der Waals surface area (Å²) >= 11 is 0. The number of aromatic nitrogens is 1. The summed E-state index contributed by atoms with van der Waals surface area (Å²) in [6.45, 7) is 0.461. The van der Waals surface area contributed by atoms with E-state index in [-0.39, 0.29) is 29.9 Å². The number of hydrogen-bond donors (Lipinski definition) is 3. The summed E-state index contributed by atoms with van der Waals surface area (Å²) in [5.41, 5.74) is 1.08. The molecule has 1 saturated heterocycles. The summed E-state index contributed by atoms with van der Waals surface area (Å²) in [5, 5.41) is 19.9. The van der Waals surface area contributed by atoms with Gasteiger partial charge in [-0.15, -0.1) is 0 Å². The second-order valence-electron chi connectivity index (χ2n) is 9.30. The molecule has 8 heteroatoms. The van der Waals surface area contributed by atoms with Gasteiger partial charge in [0.1, 0.15) is 17.5 Å². The van der Waals surface area contributed by atoms with Gasteiger partial charge in [-0.3, -0.25) is 4.79 Å². The molecule has 2 fully saturated rings. The van der Waals surface area contributed by atoms with Gasteiger partial charge in [0.05, 0.1) is 23.4 Å². The van der Waals surface area contributed by atoms with Crippen LogP contribution in [0.15, 0.2) is 36.4 Å². The zero-order valence-electron chi connectivity index (χ0n) is 18.0. The van der Waals surface area contributed by atoms with Crippen LogP contribution in [-0.4, -0.2) is 51.3 Å². The third-order valence-corrected chi connectivity index (χ3v) is 7.19. The molecule has 0 unspecified atom stereocenters. The number of amides is 1. The molecule has 5 nitrogen and oxygen atoms in total. The lowest BCUT2D eigenvalue weighted by Crippen LogP contribution is -2.51. The van der Waals surface area contributed by atoms with Gasteiger partial charge >= 0.3 is 0 Å². The average Bonchev–Trinajstić information content (AvgIpc) is 3.13. The topological polar surface area (TPSA) is 76.6 Å². The van der Waals surface area contributed by atoms with Crippen LogP contribution in [0.25, 0.3) is 22.2 Å². The lowest BCUT2D eigenvalue weighted by atomic mass is 9.69. The van der Waals surface area contributed by atoms with Gasteiger partial charge < -0.3 is 20.1 Å². The summed E-state index contributed by atoms with van der Waals surface area (Å²) < 4.78 is 42.0. The molecule has 0 spiro atoms. The number of nitrogens with one attached hydrogen (secondary N) is 1. The number of hydrogen-bond acceptors (Lipinski definition) is 3. The van der Waals surface area contributed by atoms with Crippen LogP contribution in [0.2, 0.25) is 0 Å². The highest BCUT2D eigenvalue weighted by atomic mass is 19.1. The molecule has 1 saturated carbocycles. The zero-order chi connectivity index (χ0) is 23.3. The number of carbonyl (C=O) groups is 1. The van der Waals surface area contributed by atoms with Crippen molar-refractivity contribution in [3.63, 3.8) is 0 Å². The Bertz CT molecular complexity index is 1190. The Morgan fingerprint density at radius 2 is 1.73 bits per heavy atom. The van der Waals surface area contributed by atoms with E-state index in [2.05, 4.69) is 4.98 Å². The molecule has 1 aliphatic heterocycles. The highest BCUT2D eigenvalue weighted by molar-refractivity contribution is 5.92. The van der Waals surface area contributed by atoms with Gasteiger partial charge in [0.15, 0.2) is 0 Å². The Balaban J connectivity index is 1.41. The maximum absolute atomic E-state index is 14.5. The van der Waals surface area contributed by atoms with Crippen molar-refractivity contribution < 1.29 is 28.2 Å². The number of H-pyrrole nitrogens is 1. The third kappa shape index (κ3) is 3.91. The van der Waals surface area contributed by atoms with Crippen molar-refractivity contribution in [2.75, 3.05) is 19.7 Å². The molecule has 2 aliphatic rings. The van der Waals surface area contributed by atoms with Crippen LogP contribution < -0.4 is 0 Å². The van der Waals surface area contributed by atoms with E-state index >= 15 is 0 Å². The van der Waals surface area contributed by atoms with Gasteiger partial charge in [-0.25, -0.2) is 13.2 Å². The summed E-state index contributed by atoms with van der Waals surface area (Å²) in [6.07, 6.45) is 1.75. The van der Waals surface area contributed by atoms with Gasteiger partial charge in [-0.1, -0.05) is 0 Å². The number of aromatic amines is 1. The molecular formula is C25H25F3N2O3. The summed E-state index contributed by atoms with van der Waals surface area (Å²) in [5.74, 6) is -2.05. The number of aliphatic hydroxyl groups excluding tert-OH is 1. The quantitative estimate of drug-likeness (QED) is 0.551. The van der Waals surface area contributed by atoms with E-state index in [1.165, 1.54) is 18.2 Å². The average molecular weight is 458 g/mol. The monoisotopic (exact) mass is 458 g/mol. The number of benzene rings is 2. The standard InChI is InChI=1S/C25H25F3N2O3/c26-17-3-1-14(2-4-17)22-21(19-11-18(27)12-20(28)23(19)29-22)15-9-16(10-15)24(32)30-7-5-25(33,13-31)6-8-30/h1-4,11-12,15-16,29,31,33H,5-10,13H2. The van der Waals surface area contributed by atoms with E-state index in [4.69, 9.17) is 0 Å². The van der Waals surface area contributed by atoms with Gasteiger partial charge in [0.25, 0.3) is 0 Å². The predicted molar refractivity (Wildman–Crippen MR) is 117 cm³/mol. The summed E-state index contributed by atoms with van der Waals surface area (Å²) in [6, 6.07) is 7.95. The fraction of sp³-hybridized carbons (Fsp3) is 0.400. The first-order valence-corrected chi connectivity index (χ1v) is 11.2. The number of fused-ring (bicyclic) bond motifs is 1. The summed E-state index contributed by atoms with van der Waals surface area (Å²) in [7, 11) is 0. The number of nitrogens with zero attached hydrogens (tertiary/aromatic N) is 1. The number of piperidine rings is 1. The van der Waals surface area contributed by atoms with Crippen molar-refractivity contribution in [3.8, 4) is 11.3 Å². The van der Waals surface area contributed by atoms with Crippen molar-refractivity contribution in [3.05, 3.63) is 59.4 Å². The van der Waals surface area contributed by atoms with Gasteiger partial charge in [0, 0.05) is 30.5 Å². The van der Waals surface area contributed by atoms with Crippen LogP contribution in [0.4, 0.5) is 13.2 Å². The molecule has 2 heterocycles. The van der Waals surface area contributed by atoms with Crippen molar-refractivity contribution in [2.24, 2.45) is 5.92 Å². The number of halogens is 3. The van der Waals surface area contributed by atoms with E-state index in [1.807, 2.05) is 0 Å². The Morgan fingerprint density at radius 1 is 1.06 bits per heavy atom. The van der Waals surface area contributed by atoms with Crippen LogP contribution in [-0.2, 0) is 4.79 Å². The molecule has 5 rings (SSSR count). The fourth-order valence-electron chi connectivity index (χ4n) is 5.12. The Hall–Kier alpha value is -2.84. The first-order valence-electron chi connectivity index (χ1n) is 11.2. The molecule has 174 valence electrons. The number of aliphatic hydroxyl groups is 2. The lowest BCUT2D eigenvalue weighted by molar-refractivity contribution is -0.144. The molecule has 1 aliphatic carbocycles. The number of rotatable bonds is 4. The van der Waals surface area contributed by atoms with Crippen molar-refractivity contribution in [2.45, 2.75) is 37.2 Å². The lowest BCUT2D eigenvalue weighted by Gasteiger charge is -2.42. The molecule has 1 amide bonds. The Morgan fingerprint density at radius 3 is 2.36 bits per heavy atom. The van der Waals surface area contributed by atoms with Crippen LogP contribution in [0.5, 0.6) is 0 Å². The molecule has 0 atom stereocenters. The molecule has 3 N–H and O–H groups in total. The SMILES string of the molecule is O=C(C1CC(c2c(-c3ccc(F)cc3)[nH]c3c(F)cc(F)cc23)C1)N1CCC(O)(CO)CC1. The highest BCUT2D eigenvalue weighted by Gasteiger charge is 2.42. The van der Waals surface area contributed by atoms with Crippen molar-refractivity contribution in [1.82, 2.24) is 9.88 Å². The molecule has 1 aromatic heterocycles. The summed E-state index contributed by atoms with van der Waals surface area (Å²) in [4.78, 5) is 17.8. The Labute approximate surface area is 188 Å². The predicted octanol–water partition coefficient (Wildman–Crippen LogP) is 4.09. The molecule has 33 heavy (non-hydrogen) atoms. The zero-order valence-corrected chi connectivity index (χ0v) is 18.0. The second kappa shape index (κ2) is 8.18. The minimum absolute atomic E-state index is 0.00627. The van der Waals surface area contributed by atoms with Crippen molar-refractivity contribution >= 4 is 16.8 Å². The van der Waals surface area contributed by atoms with E-state index in [0.717, 1.165) is 11.6 Å². The maximum atomic E-state index is 14.5. The smallest absolute Gasteiger partial charge is 0.225 e. The highest BCUT2D eigenvalue weighted by Crippen LogP contribution is 2.49. The molecule has 0 radical (unpaired) electrons. The van der Waals surface area contributed by atoms with E-state index in [0.29, 0.717) is 55.4 Å². The van der Waals surface area contributed by atoms with Crippen LogP contribution in [0, 0.1) is 23.4 Å². The molecular weight excluding hydrogens is 433 g/mol. The van der Waals surface area contributed by atoms with E-state index < -0.39 is 23.1 Å². The van der Waals surface area contributed by atoms with Crippen LogP contribution in [0.1, 0.15) is 37.2 Å². The number of carbonyl (C=O) groups excluding carboxylic acids is 1. The number of likely N-dealkylation sites (tertiary alicyclic amines) is 1. The normalized spacial score (nSPS) is 22.4. The molecule has 0 bridgehead atoms. The third-order valence-electron chi connectivity index (χ3n) is 7.19. The van der Waals surface area contributed by atoms with Gasteiger partial charge in [0.2, 0.25) is 5.91 Å². The molecule has 2 aromatic carbocycles. The maximum Gasteiger partial charge on any atom is 0.225 e. The largest absolute Gasteiger partial charge is 0.393 e. The van der Waals surface area contributed by atoms with Crippen molar-refractivity contribution in [1.29, 1.82) is 0 Å². The Kier molecular flexibility index (Phi) is 5.45.